The van der Waals surface area contributed by atoms with Crippen molar-refractivity contribution < 1.29 is 19.1 Å². The van der Waals surface area contributed by atoms with Gasteiger partial charge in [-0.1, -0.05) is 12.1 Å². The summed E-state index contributed by atoms with van der Waals surface area (Å²) in [5.74, 6) is 0.291. The van der Waals surface area contributed by atoms with Crippen LogP contribution in [0.5, 0.6) is 5.75 Å². The van der Waals surface area contributed by atoms with E-state index in [1.807, 2.05) is 24.3 Å². The third-order valence-corrected chi connectivity index (χ3v) is 3.80. The number of hydrogen-bond donors (Lipinski definition) is 0. The molecule has 0 radical (unpaired) electrons. The number of hydrogen-bond acceptors (Lipinski definition) is 4. The Kier molecular flexibility index (Phi) is 5.20. The highest BCUT2D eigenvalue weighted by molar-refractivity contribution is 5.86. The van der Waals surface area contributed by atoms with E-state index in [9.17, 15) is 9.59 Å². The Morgan fingerprint density at radius 3 is 2.62 bits per heavy atom. The van der Waals surface area contributed by atoms with Gasteiger partial charge in [0.05, 0.1) is 20.1 Å². The molecule has 2 rings (SSSR count). The first-order valence-electron chi connectivity index (χ1n) is 7.12. The number of ether oxygens (including phenoxy) is 2. The largest absolute Gasteiger partial charge is 0.497 e. The summed E-state index contributed by atoms with van der Waals surface area (Å²) in [5, 5.41) is 0. The number of aryl methyl sites for hydroxylation is 1. The van der Waals surface area contributed by atoms with Gasteiger partial charge in [0.15, 0.2) is 0 Å². The average Bonchev–Trinajstić information content (AvgIpc) is 2.88. The Balaban J connectivity index is 1.78. The summed E-state index contributed by atoms with van der Waals surface area (Å²) < 4.78 is 9.81. The zero-order valence-corrected chi connectivity index (χ0v) is 12.5. The quantitative estimate of drug-likeness (QED) is 0.748. The van der Waals surface area contributed by atoms with Gasteiger partial charge in [-0.05, 0) is 30.5 Å². The van der Waals surface area contributed by atoms with Crippen LogP contribution in [0.1, 0.15) is 18.4 Å². The first-order valence-corrected chi connectivity index (χ1v) is 7.12. The zero-order valence-electron chi connectivity index (χ0n) is 12.5. The maximum Gasteiger partial charge on any atom is 0.310 e. The van der Waals surface area contributed by atoms with Crippen LogP contribution < -0.4 is 4.74 Å². The van der Waals surface area contributed by atoms with E-state index in [0.717, 1.165) is 18.6 Å². The molecule has 1 fully saturated rings. The molecular weight excluding hydrogens is 270 g/mol. The second-order valence-corrected chi connectivity index (χ2v) is 5.22. The van der Waals surface area contributed by atoms with Gasteiger partial charge in [-0.3, -0.25) is 9.59 Å². The number of rotatable bonds is 6. The maximum atomic E-state index is 11.8. The molecule has 1 aromatic rings. The van der Waals surface area contributed by atoms with Gasteiger partial charge < -0.3 is 14.4 Å². The van der Waals surface area contributed by atoms with Crippen LogP contribution in [0.25, 0.3) is 0 Å². The second kappa shape index (κ2) is 7.11. The van der Waals surface area contributed by atoms with Crippen LogP contribution >= 0.6 is 0 Å². The lowest BCUT2D eigenvalue weighted by molar-refractivity contribution is -0.145. The highest BCUT2D eigenvalue weighted by atomic mass is 16.5. The third kappa shape index (κ3) is 3.97. The lowest BCUT2D eigenvalue weighted by atomic mass is 10.1. The van der Waals surface area contributed by atoms with Gasteiger partial charge in [0, 0.05) is 19.5 Å². The van der Waals surface area contributed by atoms with Crippen molar-refractivity contribution in [2.75, 3.05) is 27.3 Å². The highest BCUT2D eigenvalue weighted by Crippen LogP contribution is 2.20. The zero-order chi connectivity index (χ0) is 15.2. The number of methoxy groups -OCH3 is 2. The number of amides is 1. The van der Waals surface area contributed by atoms with Gasteiger partial charge in [0.2, 0.25) is 5.91 Å². The average molecular weight is 291 g/mol. The fourth-order valence-corrected chi connectivity index (χ4v) is 2.58. The van der Waals surface area contributed by atoms with E-state index in [1.54, 1.807) is 12.0 Å². The van der Waals surface area contributed by atoms with Crippen molar-refractivity contribution in [2.45, 2.75) is 19.3 Å². The molecule has 1 saturated heterocycles. The first-order chi connectivity index (χ1) is 10.1. The summed E-state index contributed by atoms with van der Waals surface area (Å²) >= 11 is 0. The van der Waals surface area contributed by atoms with E-state index in [1.165, 1.54) is 12.7 Å². The van der Waals surface area contributed by atoms with Crippen molar-refractivity contribution in [3.63, 3.8) is 0 Å². The standard InChI is InChI=1S/C16H21NO4/c1-20-14-7-5-12(6-8-14)4-3-9-17-11-13(10-15(17)18)16(19)21-2/h5-8,13H,3-4,9-11H2,1-2H3. The first kappa shape index (κ1) is 15.4. The predicted octanol–water partition coefficient (Wildman–Crippen LogP) is 1.65. The lowest BCUT2D eigenvalue weighted by Gasteiger charge is -2.16. The van der Waals surface area contributed by atoms with Crippen molar-refractivity contribution in [3.8, 4) is 5.75 Å². The van der Waals surface area contributed by atoms with Crippen molar-refractivity contribution in [1.29, 1.82) is 0 Å². The Labute approximate surface area is 124 Å². The monoisotopic (exact) mass is 291 g/mol. The lowest BCUT2D eigenvalue weighted by Crippen LogP contribution is -2.27. The summed E-state index contributed by atoms with van der Waals surface area (Å²) in [6.45, 7) is 1.16. The Morgan fingerprint density at radius 2 is 2.00 bits per heavy atom. The minimum atomic E-state index is -0.302. The molecule has 1 amide bonds. The summed E-state index contributed by atoms with van der Waals surface area (Å²) in [6.07, 6.45) is 2.05. The van der Waals surface area contributed by atoms with E-state index in [-0.39, 0.29) is 24.2 Å². The van der Waals surface area contributed by atoms with Crippen LogP contribution in [0, 0.1) is 5.92 Å². The third-order valence-electron chi connectivity index (χ3n) is 3.80. The molecular formula is C16H21NO4. The fraction of sp³-hybridized carbons (Fsp3) is 0.500. The van der Waals surface area contributed by atoms with Gasteiger partial charge in [-0.25, -0.2) is 0 Å². The number of benzene rings is 1. The van der Waals surface area contributed by atoms with Crippen LogP contribution in [0.2, 0.25) is 0 Å². The van der Waals surface area contributed by atoms with Gasteiger partial charge in [-0.15, -0.1) is 0 Å². The smallest absolute Gasteiger partial charge is 0.310 e. The number of carbonyl (C=O) groups is 2. The van der Waals surface area contributed by atoms with Crippen LogP contribution in [-0.2, 0) is 20.7 Å². The maximum absolute atomic E-state index is 11.8. The Hall–Kier alpha value is -2.04. The summed E-state index contributed by atoms with van der Waals surface area (Å²) in [4.78, 5) is 25.0. The molecule has 0 aliphatic carbocycles. The van der Waals surface area contributed by atoms with Crippen LogP contribution in [0.4, 0.5) is 0 Å². The minimum Gasteiger partial charge on any atom is -0.497 e. The SMILES string of the molecule is COC(=O)C1CC(=O)N(CCCc2ccc(OC)cc2)C1. The molecule has 5 heteroatoms. The topological polar surface area (TPSA) is 55.8 Å². The van der Waals surface area contributed by atoms with Crippen molar-refractivity contribution in [2.24, 2.45) is 5.92 Å². The summed E-state index contributed by atoms with van der Waals surface area (Å²) in [6, 6.07) is 7.93. The Morgan fingerprint density at radius 1 is 1.29 bits per heavy atom. The van der Waals surface area contributed by atoms with E-state index >= 15 is 0 Å². The highest BCUT2D eigenvalue weighted by Gasteiger charge is 2.34. The van der Waals surface area contributed by atoms with Crippen molar-refractivity contribution in [3.05, 3.63) is 29.8 Å². The van der Waals surface area contributed by atoms with E-state index in [2.05, 4.69) is 0 Å². The number of carbonyl (C=O) groups excluding carboxylic acids is 2. The van der Waals surface area contributed by atoms with Crippen LogP contribution in [0.15, 0.2) is 24.3 Å². The number of nitrogens with zero attached hydrogens (tertiary/aromatic N) is 1. The van der Waals surface area contributed by atoms with Gasteiger partial charge >= 0.3 is 5.97 Å². The molecule has 0 aromatic heterocycles. The van der Waals surface area contributed by atoms with Crippen molar-refractivity contribution >= 4 is 11.9 Å². The van der Waals surface area contributed by atoms with E-state index in [4.69, 9.17) is 9.47 Å². The van der Waals surface area contributed by atoms with Gasteiger partial charge in [0.1, 0.15) is 5.75 Å². The van der Waals surface area contributed by atoms with Gasteiger partial charge in [-0.2, -0.15) is 0 Å². The Bertz CT molecular complexity index is 498. The molecule has 0 saturated carbocycles. The molecule has 1 heterocycles. The minimum absolute atomic E-state index is 0.0418. The molecule has 1 aromatic carbocycles. The molecule has 0 N–H and O–H groups in total. The molecule has 0 bridgehead atoms. The predicted molar refractivity (Wildman–Crippen MR) is 78.0 cm³/mol. The molecule has 1 unspecified atom stereocenters. The molecule has 1 atom stereocenters. The summed E-state index contributed by atoms with van der Waals surface area (Å²) in [7, 11) is 3.00. The molecule has 21 heavy (non-hydrogen) atoms. The second-order valence-electron chi connectivity index (χ2n) is 5.22. The molecule has 1 aliphatic rings. The van der Waals surface area contributed by atoms with Gasteiger partial charge in [0.25, 0.3) is 0 Å². The van der Waals surface area contributed by atoms with Crippen molar-refractivity contribution in [1.82, 2.24) is 4.90 Å². The molecule has 1 aliphatic heterocycles. The molecule has 5 nitrogen and oxygen atoms in total. The summed E-state index contributed by atoms with van der Waals surface area (Å²) in [5.41, 5.74) is 1.21. The molecule has 114 valence electrons. The van der Waals surface area contributed by atoms with Crippen LogP contribution in [-0.4, -0.2) is 44.1 Å². The molecule has 0 spiro atoms. The number of likely N-dealkylation sites (tertiary alicyclic amines) is 1. The van der Waals surface area contributed by atoms with E-state index in [0.29, 0.717) is 13.1 Å². The van der Waals surface area contributed by atoms with Crippen LogP contribution in [0.3, 0.4) is 0 Å². The normalized spacial score (nSPS) is 17.9. The van der Waals surface area contributed by atoms with E-state index < -0.39 is 0 Å². The number of esters is 1. The fourth-order valence-electron chi connectivity index (χ4n) is 2.58.